The fraction of sp³-hybridized carbons (Fsp3) is 0.516. The van der Waals surface area contributed by atoms with Crippen LogP contribution in [-0.4, -0.2) is 47.4 Å². The second-order valence-electron chi connectivity index (χ2n) is 10.8. The van der Waals surface area contributed by atoms with Crippen molar-refractivity contribution in [3.63, 3.8) is 0 Å². The summed E-state index contributed by atoms with van der Waals surface area (Å²) in [5.41, 5.74) is 2.60. The number of hydrogen-bond donors (Lipinski definition) is 2. The lowest BCUT2D eigenvalue weighted by Gasteiger charge is -2.32. The standard InChI is InChI=1S/C31H40ClN3O4/c1-4-39-25-15-16-27(28(32)18-25)29(36)17-22-11-7-9-20(2)35(19-23-10-5-6-14-26(22)23)31(38)33-21(3)30(37)34-24-12-8-13-24/h5-6,10,14-16,18,20-22,24H,4,7-9,11-13,17,19H2,1-3H3,(H,33,38)(H,34,37)/t20-,21+,22?/m1/s1. The zero-order valence-corrected chi connectivity index (χ0v) is 23.9. The van der Waals surface area contributed by atoms with Crippen molar-refractivity contribution in [1.29, 1.82) is 0 Å². The number of Topliss-reactive ketones (excluding diaryl/α,β-unsaturated/α-hetero) is 1. The van der Waals surface area contributed by atoms with E-state index in [9.17, 15) is 14.4 Å². The van der Waals surface area contributed by atoms with Gasteiger partial charge in [-0.3, -0.25) is 9.59 Å². The number of nitrogens with one attached hydrogen (secondary N) is 2. The number of urea groups is 1. The smallest absolute Gasteiger partial charge is 0.318 e. The molecule has 2 aromatic carbocycles. The maximum Gasteiger partial charge on any atom is 0.318 e. The van der Waals surface area contributed by atoms with Crippen molar-refractivity contribution in [1.82, 2.24) is 15.5 Å². The van der Waals surface area contributed by atoms with Crippen molar-refractivity contribution in [2.45, 2.75) is 96.3 Å². The van der Waals surface area contributed by atoms with Crippen LogP contribution < -0.4 is 15.4 Å². The summed E-state index contributed by atoms with van der Waals surface area (Å²) in [6.45, 7) is 6.62. The molecule has 2 aromatic rings. The fourth-order valence-corrected chi connectivity index (χ4v) is 5.67. The molecule has 1 unspecified atom stereocenters. The number of hydrogen-bond acceptors (Lipinski definition) is 4. The molecule has 1 heterocycles. The highest BCUT2D eigenvalue weighted by Crippen LogP contribution is 2.34. The minimum Gasteiger partial charge on any atom is -0.494 e. The molecule has 1 aliphatic carbocycles. The largest absolute Gasteiger partial charge is 0.494 e. The topological polar surface area (TPSA) is 87.7 Å². The van der Waals surface area contributed by atoms with Gasteiger partial charge in [0.1, 0.15) is 11.8 Å². The van der Waals surface area contributed by atoms with Crippen LogP contribution in [0.3, 0.4) is 0 Å². The van der Waals surface area contributed by atoms with Gasteiger partial charge in [-0.2, -0.15) is 0 Å². The van der Waals surface area contributed by atoms with Gasteiger partial charge in [-0.05, 0) is 88.1 Å². The molecule has 1 fully saturated rings. The summed E-state index contributed by atoms with van der Waals surface area (Å²) in [5.74, 6) is 0.515. The average Bonchev–Trinajstić information content (AvgIpc) is 2.94. The van der Waals surface area contributed by atoms with Crippen LogP contribution in [0.15, 0.2) is 42.5 Å². The lowest BCUT2D eigenvalue weighted by atomic mass is 9.85. The molecule has 1 saturated carbocycles. The van der Waals surface area contributed by atoms with Crippen LogP contribution in [0.2, 0.25) is 5.02 Å². The summed E-state index contributed by atoms with van der Waals surface area (Å²) in [4.78, 5) is 41.2. The second-order valence-corrected chi connectivity index (χ2v) is 11.2. The second kappa shape index (κ2) is 13.3. The molecule has 3 atom stereocenters. The summed E-state index contributed by atoms with van der Waals surface area (Å²) in [7, 11) is 0. The van der Waals surface area contributed by atoms with Gasteiger partial charge in [-0.15, -0.1) is 0 Å². The minimum absolute atomic E-state index is 0.00366. The molecule has 2 aliphatic rings. The van der Waals surface area contributed by atoms with E-state index in [-0.39, 0.29) is 35.7 Å². The van der Waals surface area contributed by atoms with E-state index in [2.05, 4.69) is 16.7 Å². The highest BCUT2D eigenvalue weighted by atomic mass is 35.5. The maximum absolute atomic E-state index is 13.4. The van der Waals surface area contributed by atoms with Crippen molar-refractivity contribution < 1.29 is 19.1 Å². The van der Waals surface area contributed by atoms with E-state index in [1.807, 2.05) is 36.9 Å². The summed E-state index contributed by atoms with van der Waals surface area (Å²) < 4.78 is 5.51. The number of carbonyl (C=O) groups excluding carboxylic acids is 3. The van der Waals surface area contributed by atoms with Gasteiger partial charge in [0.2, 0.25) is 5.91 Å². The van der Waals surface area contributed by atoms with E-state index >= 15 is 0 Å². The molecule has 0 bridgehead atoms. The number of nitrogens with zero attached hydrogens (tertiary/aromatic N) is 1. The molecule has 210 valence electrons. The third kappa shape index (κ3) is 7.33. The van der Waals surface area contributed by atoms with Crippen LogP contribution in [0, 0.1) is 0 Å². The quantitative estimate of drug-likeness (QED) is 0.379. The van der Waals surface area contributed by atoms with Gasteiger partial charge in [0.15, 0.2) is 5.78 Å². The Hall–Kier alpha value is -3.06. The minimum atomic E-state index is -0.614. The number of carbonyl (C=O) groups is 3. The Morgan fingerprint density at radius 1 is 1.08 bits per heavy atom. The highest BCUT2D eigenvalue weighted by Gasteiger charge is 2.30. The van der Waals surface area contributed by atoms with E-state index in [0.29, 0.717) is 35.9 Å². The Morgan fingerprint density at radius 2 is 1.82 bits per heavy atom. The number of rotatable bonds is 8. The van der Waals surface area contributed by atoms with Crippen LogP contribution in [-0.2, 0) is 11.3 Å². The number of ether oxygens (including phenoxy) is 1. The van der Waals surface area contributed by atoms with E-state index in [1.54, 1.807) is 25.1 Å². The van der Waals surface area contributed by atoms with E-state index in [1.165, 1.54) is 0 Å². The summed E-state index contributed by atoms with van der Waals surface area (Å²) >= 11 is 6.46. The van der Waals surface area contributed by atoms with Crippen LogP contribution in [0.4, 0.5) is 4.79 Å². The number of fused-ring (bicyclic) bond motifs is 1. The number of amides is 3. The summed E-state index contributed by atoms with van der Waals surface area (Å²) in [6, 6.07) is 12.6. The molecule has 0 radical (unpaired) electrons. The maximum atomic E-state index is 13.4. The Bertz CT molecular complexity index is 1180. The molecule has 7 nitrogen and oxygen atoms in total. The lowest BCUT2D eigenvalue weighted by Crippen LogP contribution is -2.53. The summed E-state index contributed by atoms with van der Waals surface area (Å²) in [5, 5.41) is 6.32. The molecule has 0 spiro atoms. The van der Waals surface area contributed by atoms with Crippen molar-refractivity contribution in [3.8, 4) is 5.75 Å². The lowest BCUT2D eigenvalue weighted by molar-refractivity contribution is -0.123. The van der Waals surface area contributed by atoms with E-state index < -0.39 is 6.04 Å². The molecule has 2 N–H and O–H groups in total. The van der Waals surface area contributed by atoms with E-state index in [0.717, 1.165) is 49.7 Å². The molecule has 8 heteroatoms. The Kier molecular flexibility index (Phi) is 9.89. The fourth-order valence-electron chi connectivity index (χ4n) is 5.40. The summed E-state index contributed by atoms with van der Waals surface area (Å²) in [6.07, 6.45) is 5.98. The highest BCUT2D eigenvalue weighted by molar-refractivity contribution is 6.34. The van der Waals surface area contributed by atoms with Gasteiger partial charge in [-0.25, -0.2) is 4.79 Å². The SMILES string of the molecule is CCOc1ccc(C(=O)CC2CCC[C@@H](C)N(C(=O)N[C@@H](C)C(=O)NC3CCC3)Cc3ccccc32)c(Cl)c1. The van der Waals surface area contributed by atoms with Crippen molar-refractivity contribution in [2.24, 2.45) is 0 Å². The molecule has 1 aliphatic heterocycles. The first kappa shape index (κ1) is 28.9. The number of benzene rings is 2. The van der Waals surface area contributed by atoms with Gasteiger partial charge in [0, 0.05) is 30.6 Å². The van der Waals surface area contributed by atoms with Gasteiger partial charge in [0.05, 0.1) is 11.6 Å². The average molecular weight is 554 g/mol. The molecular weight excluding hydrogens is 514 g/mol. The monoisotopic (exact) mass is 553 g/mol. The van der Waals surface area contributed by atoms with Crippen LogP contribution >= 0.6 is 11.6 Å². The van der Waals surface area contributed by atoms with Crippen LogP contribution in [0.1, 0.15) is 93.1 Å². The third-order valence-corrected chi connectivity index (χ3v) is 8.28. The van der Waals surface area contributed by atoms with Crippen molar-refractivity contribution in [2.75, 3.05) is 6.61 Å². The predicted molar refractivity (Wildman–Crippen MR) is 153 cm³/mol. The molecule has 0 aromatic heterocycles. The first-order chi connectivity index (χ1) is 18.8. The first-order valence-electron chi connectivity index (χ1n) is 14.2. The van der Waals surface area contributed by atoms with Crippen LogP contribution in [0.5, 0.6) is 5.75 Å². The molecule has 39 heavy (non-hydrogen) atoms. The normalized spacial score (nSPS) is 20.4. The van der Waals surface area contributed by atoms with Crippen LogP contribution in [0.25, 0.3) is 0 Å². The van der Waals surface area contributed by atoms with Gasteiger partial charge >= 0.3 is 6.03 Å². The number of ketones is 1. The number of halogens is 1. The Balaban J connectivity index is 1.49. The molecule has 3 amide bonds. The predicted octanol–water partition coefficient (Wildman–Crippen LogP) is 6.24. The van der Waals surface area contributed by atoms with Gasteiger partial charge in [-0.1, -0.05) is 42.3 Å². The zero-order valence-electron chi connectivity index (χ0n) is 23.2. The molecule has 0 saturated heterocycles. The van der Waals surface area contributed by atoms with Gasteiger partial charge in [0.25, 0.3) is 0 Å². The third-order valence-electron chi connectivity index (χ3n) is 7.97. The van der Waals surface area contributed by atoms with Gasteiger partial charge < -0.3 is 20.3 Å². The van der Waals surface area contributed by atoms with Crippen molar-refractivity contribution in [3.05, 3.63) is 64.2 Å². The zero-order chi connectivity index (χ0) is 27.9. The Labute approximate surface area is 236 Å². The molecule has 4 rings (SSSR count). The first-order valence-corrected chi connectivity index (χ1v) is 14.6. The van der Waals surface area contributed by atoms with Crippen molar-refractivity contribution >= 4 is 29.3 Å². The molecular formula is C31H40ClN3O4. The Morgan fingerprint density at radius 3 is 2.51 bits per heavy atom. The van der Waals surface area contributed by atoms with E-state index in [4.69, 9.17) is 16.3 Å².